The molecule has 1 aliphatic heterocycles. The van der Waals surface area contributed by atoms with E-state index >= 15 is 0 Å². The lowest BCUT2D eigenvalue weighted by atomic mass is 9.95. The number of nitrogens with one attached hydrogen (secondary N) is 2. The molecule has 0 aliphatic carbocycles. The fourth-order valence-electron chi connectivity index (χ4n) is 2.95. The minimum Gasteiger partial charge on any atom is -0.395 e. The Morgan fingerprint density at radius 3 is 2.81 bits per heavy atom. The molecule has 0 unspecified atom stereocenters. The summed E-state index contributed by atoms with van der Waals surface area (Å²) in [6, 6.07) is 11.6. The van der Waals surface area contributed by atoms with Gasteiger partial charge in [0, 0.05) is 25.1 Å². The summed E-state index contributed by atoms with van der Waals surface area (Å²) in [5.74, 6) is 0.301. The summed E-state index contributed by atoms with van der Waals surface area (Å²) < 4.78 is 5.84. The van der Waals surface area contributed by atoms with E-state index in [2.05, 4.69) is 15.6 Å². The van der Waals surface area contributed by atoms with E-state index in [1.807, 2.05) is 50.2 Å². The lowest BCUT2D eigenvalue weighted by Gasteiger charge is -2.31. The van der Waals surface area contributed by atoms with Crippen LogP contribution >= 0.6 is 0 Å². The summed E-state index contributed by atoms with van der Waals surface area (Å²) in [5.41, 5.74) is 3.09. The van der Waals surface area contributed by atoms with E-state index in [4.69, 9.17) is 9.84 Å². The average molecular weight is 355 g/mol. The fraction of sp³-hybridized carbons (Fsp3) is 0.400. The number of fused-ring (bicyclic) bond motifs is 1. The third kappa shape index (κ3) is 4.39. The lowest BCUT2D eigenvalue weighted by molar-refractivity contribution is -0.0412. The van der Waals surface area contributed by atoms with Crippen LogP contribution in [0.5, 0.6) is 0 Å². The Kier molecular flexibility index (Phi) is 5.54. The van der Waals surface area contributed by atoms with Crippen LogP contribution in [0.2, 0.25) is 0 Å². The van der Waals surface area contributed by atoms with Crippen LogP contribution in [0.1, 0.15) is 41.0 Å². The minimum absolute atomic E-state index is 0.0293. The zero-order valence-corrected chi connectivity index (χ0v) is 15.2. The number of aliphatic hydroxyl groups is 1. The Labute approximate surface area is 153 Å². The van der Waals surface area contributed by atoms with Gasteiger partial charge in [0.25, 0.3) is 5.91 Å². The van der Waals surface area contributed by atoms with E-state index in [0.29, 0.717) is 37.5 Å². The van der Waals surface area contributed by atoms with Crippen molar-refractivity contribution in [1.82, 2.24) is 10.3 Å². The van der Waals surface area contributed by atoms with E-state index in [0.717, 1.165) is 16.8 Å². The molecule has 26 heavy (non-hydrogen) atoms. The molecule has 1 aromatic heterocycles. The minimum atomic E-state index is -0.272. The first-order valence-corrected chi connectivity index (χ1v) is 8.82. The van der Waals surface area contributed by atoms with Gasteiger partial charge in [-0.25, -0.2) is 4.98 Å². The van der Waals surface area contributed by atoms with E-state index in [-0.39, 0.29) is 18.1 Å². The van der Waals surface area contributed by atoms with Crippen molar-refractivity contribution in [1.29, 1.82) is 0 Å². The van der Waals surface area contributed by atoms with Crippen LogP contribution in [-0.4, -0.2) is 34.8 Å². The molecular weight excluding hydrogens is 330 g/mol. The molecule has 2 aromatic rings. The van der Waals surface area contributed by atoms with Crippen LogP contribution < -0.4 is 10.6 Å². The topological polar surface area (TPSA) is 83.5 Å². The second-order valence-electron chi connectivity index (χ2n) is 7.03. The molecule has 0 spiro atoms. The fourth-order valence-corrected chi connectivity index (χ4v) is 2.95. The number of anilines is 1. The van der Waals surface area contributed by atoms with Gasteiger partial charge in [-0.15, -0.1) is 0 Å². The van der Waals surface area contributed by atoms with Gasteiger partial charge in [-0.05, 0) is 25.5 Å². The summed E-state index contributed by atoms with van der Waals surface area (Å²) in [5, 5.41) is 15.1. The molecule has 6 nitrogen and oxygen atoms in total. The first-order valence-electron chi connectivity index (χ1n) is 8.82. The molecule has 138 valence electrons. The summed E-state index contributed by atoms with van der Waals surface area (Å²) >= 11 is 0. The molecule has 3 rings (SSSR count). The van der Waals surface area contributed by atoms with Crippen molar-refractivity contribution in [3.05, 3.63) is 58.8 Å². The number of amides is 1. The van der Waals surface area contributed by atoms with Gasteiger partial charge in [0.1, 0.15) is 5.82 Å². The van der Waals surface area contributed by atoms with Gasteiger partial charge in [0.05, 0.1) is 30.1 Å². The first-order chi connectivity index (χ1) is 12.5. The molecule has 1 aromatic carbocycles. The van der Waals surface area contributed by atoms with Gasteiger partial charge >= 0.3 is 0 Å². The third-order valence-electron chi connectivity index (χ3n) is 4.35. The molecule has 2 heterocycles. The highest BCUT2D eigenvalue weighted by atomic mass is 16.5. The molecule has 0 saturated carbocycles. The SMILES string of the molecule is CC1(C)Cc2nc(NCCO)c(C(=O)NCc3ccccc3)cc2CO1. The van der Waals surface area contributed by atoms with Gasteiger partial charge in [0.2, 0.25) is 0 Å². The van der Waals surface area contributed by atoms with Crippen molar-refractivity contribution >= 4 is 11.7 Å². The van der Waals surface area contributed by atoms with Gasteiger partial charge in [-0.2, -0.15) is 0 Å². The Morgan fingerprint density at radius 2 is 2.08 bits per heavy atom. The Hall–Kier alpha value is -2.44. The molecule has 0 radical (unpaired) electrons. The molecule has 0 atom stereocenters. The molecular formula is C20H25N3O3. The zero-order chi connectivity index (χ0) is 18.6. The Morgan fingerprint density at radius 1 is 1.31 bits per heavy atom. The van der Waals surface area contributed by atoms with Crippen molar-refractivity contribution in [2.45, 2.75) is 39.0 Å². The maximum Gasteiger partial charge on any atom is 0.255 e. The highest BCUT2D eigenvalue weighted by molar-refractivity contribution is 5.99. The number of benzene rings is 1. The van der Waals surface area contributed by atoms with E-state index in [1.54, 1.807) is 0 Å². The molecule has 1 amide bonds. The number of pyridine rings is 1. The van der Waals surface area contributed by atoms with Crippen molar-refractivity contribution < 1.29 is 14.6 Å². The van der Waals surface area contributed by atoms with Crippen molar-refractivity contribution in [3.8, 4) is 0 Å². The molecule has 0 fully saturated rings. The van der Waals surface area contributed by atoms with Crippen LogP contribution in [-0.2, 0) is 24.3 Å². The van der Waals surface area contributed by atoms with E-state index in [1.165, 1.54) is 0 Å². The number of rotatable bonds is 6. The summed E-state index contributed by atoms with van der Waals surface area (Å²) in [6.07, 6.45) is 0.683. The first kappa shape index (κ1) is 18.4. The van der Waals surface area contributed by atoms with Crippen LogP contribution in [0, 0.1) is 0 Å². The number of carbonyl (C=O) groups excluding carboxylic acids is 1. The largest absolute Gasteiger partial charge is 0.395 e. The number of carbonyl (C=O) groups is 1. The summed E-state index contributed by atoms with van der Waals surface area (Å²) in [4.78, 5) is 17.4. The molecule has 0 saturated heterocycles. The lowest BCUT2D eigenvalue weighted by Crippen LogP contribution is -2.33. The standard InChI is InChI=1S/C20H25N3O3/c1-20(2)11-17-15(13-26-20)10-16(18(23-17)21-8-9-24)19(25)22-12-14-6-4-3-5-7-14/h3-7,10,24H,8-9,11-13H2,1-2H3,(H,21,23)(H,22,25). The van der Waals surface area contributed by atoms with Crippen LogP contribution in [0.25, 0.3) is 0 Å². The molecule has 0 bridgehead atoms. The number of aromatic nitrogens is 1. The van der Waals surface area contributed by atoms with Crippen LogP contribution in [0.3, 0.4) is 0 Å². The molecule has 6 heteroatoms. The number of ether oxygens (including phenoxy) is 1. The smallest absolute Gasteiger partial charge is 0.255 e. The van der Waals surface area contributed by atoms with Gasteiger partial charge in [0.15, 0.2) is 0 Å². The van der Waals surface area contributed by atoms with E-state index in [9.17, 15) is 4.79 Å². The highest BCUT2D eigenvalue weighted by Gasteiger charge is 2.29. The normalized spacial score (nSPS) is 15.2. The number of nitrogens with zero attached hydrogens (tertiary/aromatic N) is 1. The Bertz CT molecular complexity index is 775. The highest BCUT2D eigenvalue weighted by Crippen LogP contribution is 2.29. The number of hydrogen-bond donors (Lipinski definition) is 3. The second-order valence-corrected chi connectivity index (χ2v) is 7.03. The monoisotopic (exact) mass is 355 g/mol. The summed E-state index contributed by atoms with van der Waals surface area (Å²) in [6.45, 7) is 5.25. The van der Waals surface area contributed by atoms with Gasteiger partial charge in [-0.1, -0.05) is 30.3 Å². The van der Waals surface area contributed by atoms with Crippen molar-refractivity contribution in [2.24, 2.45) is 0 Å². The van der Waals surface area contributed by atoms with Crippen molar-refractivity contribution in [2.75, 3.05) is 18.5 Å². The molecule has 3 N–H and O–H groups in total. The van der Waals surface area contributed by atoms with Crippen molar-refractivity contribution in [3.63, 3.8) is 0 Å². The van der Waals surface area contributed by atoms with E-state index < -0.39 is 0 Å². The predicted octanol–water partition coefficient (Wildman–Crippen LogP) is 2.27. The second kappa shape index (κ2) is 7.85. The quantitative estimate of drug-likeness (QED) is 0.740. The average Bonchev–Trinajstić information content (AvgIpc) is 2.63. The maximum atomic E-state index is 12.7. The van der Waals surface area contributed by atoms with Gasteiger partial charge < -0.3 is 20.5 Å². The maximum absolute atomic E-state index is 12.7. The third-order valence-corrected chi connectivity index (χ3v) is 4.35. The zero-order valence-electron chi connectivity index (χ0n) is 15.2. The number of hydrogen-bond acceptors (Lipinski definition) is 5. The number of aliphatic hydroxyl groups excluding tert-OH is 1. The van der Waals surface area contributed by atoms with Crippen LogP contribution in [0.4, 0.5) is 5.82 Å². The Balaban J connectivity index is 1.83. The molecule has 1 aliphatic rings. The predicted molar refractivity (Wildman–Crippen MR) is 100.0 cm³/mol. The summed E-state index contributed by atoms with van der Waals surface area (Å²) in [7, 11) is 0. The van der Waals surface area contributed by atoms with Gasteiger partial charge in [-0.3, -0.25) is 4.79 Å². The van der Waals surface area contributed by atoms with Crippen LogP contribution in [0.15, 0.2) is 36.4 Å².